The summed E-state index contributed by atoms with van der Waals surface area (Å²) in [7, 11) is -2.77. The second kappa shape index (κ2) is 5.61. The lowest BCUT2D eigenvalue weighted by molar-refractivity contribution is 0.340. The van der Waals surface area contributed by atoms with Crippen LogP contribution in [0.3, 0.4) is 0 Å². The predicted molar refractivity (Wildman–Crippen MR) is 72.9 cm³/mol. The van der Waals surface area contributed by atoms with Crippen molar-refractivity contribution in [1.82, 2.24) is 0 Å². The Bertz CT molecular complexity index is 481. The van der Waals surface area contributed by atoms with Gasteiger partial charge in [-0.25, -0.2) is 8.42 Å². The molecule has 0 aromatic heterocycles. The summed E-state index contributed by atoms with van der Waals surface area (Å²) in [4.78, 5) is 0. The summed E-state index contributed by atoms with van der Waals surface area (Å²) in [6.07, 6.45) is 0.770. The summed E-state index contributed by atoms with van der Waals surface area (Å²) in [6.45, 7) is 3.33. The van der Waals surface area contributed by atoms with E-state index in [1.807, 2.05) is 31.2 Å². The molecule has 0 bridgehead atoms. The van der Waals surface area contributed by atoms with Crippen molar-refractivity contribution >= 4 is 15.5 Å². The van der Waals surface area contributed by atoms with Crippen LogP contribution in [0, 0.1) is 5.92 Å². The smallest absolute Gasteiger partial charge is 0.150 e. The fourth-order valence-electron chi connectivity index (χ4n) is 2.13. The molecule has 1 heterocycles. The van der Waals surface area contributed by atoms with Crippen LogP contribution in [0.1, 0.15) is 13.3 Å². The maximum atomic E-state index is 11.3. The summed E-state index contributed by atoms with van der Waals surface area (Å²) in [5, 5.41) is 3.27. The van der Waals surface area contributed by atoms with Gasteiger partial charge in [-0.2, -0.15) is 0 Å². The van der Waals surface area contributed by atoms with Gasteiger partial charge in [0.05, 0.1) is 18.1 Å². The fourth-order valence-corrected chi connectivity index (χ4v) is 3.99. The zero-order valence-electron chi connectivity index (χ0n) is 10.6. The maximum Gasteiger partial charge on any atom is 0.150 e. The first-order valence-corrected chi connectivity index (χ1v) is 8.08. The minimum Gasteiger partial charge on any atom is -0.494 e. The minimum atomic E-state index is -2.77. The van der Waals surface area contributed by atoms with E-state index in [0.717, 1.165) is 17.9 Å². The predicted octanol–water partition coefficient (Wildman–Crippen LogP) is 1.93. The molecular formula is C13H19NO3S. The molecule has 1 aromatic rings. The largest absolute Gasteiger partial charge is 0.494 e. The normalized spacial score (nSPS) is 21.7. The number of nitrogens with one attached hydrogen (secondary N) is 1. The van der Waals surface area contributed by atoms with Gasteiger partial charge < -0.3 is 10.1 Å². The van der Waals surface area contributed by atoms with Gasteiger partial charge >= 0.3 is 0 Å². The van der Waals surface area contributed by atoms with Crippen molar-refractivity contribution in [3.05, 3.63) is 24.3 Å². The molecule has 0 radical (unpaired) electrons. The van der Waals surface area contributed by atoms with Crippen molar-refractivity contribution in [1.29, 1.82) is 0 Å². The van der Waals surface area contributed by atoms with Crippen molar-refractivity contribution in [3.8, 4) is 5.75 Å². The summed E-state index contributed by atoms with van der Waals surface area (Å²) >= 11 is 0. The average Bonchev–Trinajstić information content (AvgIpc) is 2.69. The molecule has 1 aliphatic heterocycles. The first-order chi connectivity index (χ1) is 8.59. The van der Waals surface area contributed by atoms with E-state index >= 15 is 0 Å². The van der Waals surface area contributed by atoms with Crippen LogP contribution >= 0.6 is 0 Å². The molecule has 0 spiro atoms. The Morgan fingerprint density at radius 1 is 1.33 bits per heavy atom. The van der Waals surface area contributed by atoms with E-state index < -0.39 is 9.84 Å². The highest BCUT2D eigenvalue weighted by Gasteiger charge is 2.27. The van der Waals surface area contributed by atoms with E-state index in [1.54, 1.807) is 0 Å². The monoisotopic (exact) mass is 269 g/mol. The number of sulfone groups is 1. The van der Waals surface area contributed by atoms with Gasteiger partial charge in [-0.1, -0.05) is 0 Å². The molecule has 0 saturated carbocycles. The number of ether oxygens (including phenoxy) is 1. The van der Waals surface area contributed by atoms with Crippen LogP contribution in [0.15, 0.2) is 24.3 Å². The third-order valence-electron chi connectivity index (χ3n) is 3.09. The Morgan fingerprint density at radius 3 is 2.61 bits per heavy atom. The molecule has 5 heteroatoms. The van der Waals surface area contributed by atoms with Gasteiger partial charge in [0.1, 0.15) is 5.75 Å². The topological polar surface area (TPSA) is 55.4 Å². The van der Waals surface area contributed by atoms with Gasteiger partial charge in [0, 0.05) is 12.2 Å². The lowest BCUT2D eigenvalue weighted by Gasteiger charge is -2.11. The number of anilines is 1. The lowest BCUT2D eigenvalue weighted by Crippen LogP contribution is -2.15. The molecule has 18 heavy (non-hydrogen) atoms. The van der Waals surface area contributed by atoms with Gasteiger partial charge in [-0.05, 0) is 43.5 Å². The number of hydrogen-bond acceptors (Lipinski definition) is 4. The van der Waals surface area contributed by atoms with E-state index in [2.05, 4.69) is 5.32 Å². The second-order valence-electron chi connectivity index (χ2n) is 4.61. The molecule has 0 amide bonds. The van der Waals surface area contributed by atoms with Crippen molar-refractivity contribution in [2.45, 2.75) is 13.3 Å². The summed E-state index contributed by atoms with van der Waals surface area (Å²) in [5.74, 6) is 1.74. The summed E-state index contributed by atoms with van der Waals surface area (Å²) in [6, 6.07) is 7.73. The van der Waals surface area contributed by atoms with Crippen LogP contribution in [-0.4, -0.2) is 33.1 Å². The molecule has 1 saturated heterocycles. The molecule has 1 aromatic carbocycles. The van der Waals surface area contributed by atoms with Gasteiger partial charge in [0.2, 0.25) is 0 Å². The van der Waals surface area contributed by atoms with E-state index in [4.69, 9.17) is 4.74 Å². The maximum absolute atomic E-state index is 11.3. The third kappa shape index (κ3) is 3.63. The van der Waals surface area contributed by atoms with Gasteiger partial charge in [0.25, 0.3) is 0 Å². The highest BCUT2D eigenvalue weighted by molar-refractivity contribution is 7.91. The van der Waals surface area contributed by atoms with E-state index in [0.29, 0.717) is 24.7 Å². The highest BCUT2D eigenvalue weighted by atomic mass is 32.2. The Morgan fingerprint density at radius 2 is 2.06 bits per heavy atom. The first kappa shape index (κ1) is 13.2. The standard InChI is InChI=1S/C13H19NO3S/c1-2-17-13-5-3-12(4-6-13)14-9-11-7-8-18(15,16)10-11/h3-6,11,14H,2,7-10H2,1H3/t11-/m1/s1. The highest BCUT2D eigenvalue weighted by Crippen LogP contribution is 2.20. The van der Waals surface area contributed by atoms with Crippen molar-refractivity contribution in [2.75, 3.05) is 30.0 Å². The average molecular weight is 269 g/mol. The zero-order chi connectivity index (χ0) is 13.0. The van der Waals surface area contributed by atoms with E-state index in [9.17, 15) is 8.42 Å². The van der Waals surface area contributed by atoms with Gasteiger partial charge in [-0.3, -0.25) is 0 Å². The Kier molecular flexibility index (Phi) is 4.11. The van der Waals surface area contributed by atoms with Crippen LogP contribution in [0.25, 0.3) is 0 Å². The summed E-state index contributed by atoms with van der Waals surface area (Å²) < 4.78 is 28.0. The second-order valence-corrected chi connectivity index (χ2v) is 6.84. The molecule has 0 unspecified atom stereocenters. The third-order valence-corrected chi connectivity index (χ3v) is 4.92. The summed E-state index contributed by atoms with van der Waals surface area (Å²) in [5.41, 5.74) is 1.00. The van der Waals surface area contributed by atoms with Crippen molar-refractivity contribution < 1.29 is 13.2 Å². The Hall–Kier alpha value is -1.23. The van der Waals surface area contributed by atoms with Crippen molar-refractivity contribution in [3.63, 3.8) is 0 Å². The minimum absolute atomic E-state index is 0.238. The number of hydrogen-bond donors (Lipinski definition) is 1. The molecule has 1 aliphatic rings. The molecule has 1 N–H and O–H groups in total. The first-order valence-electron chi connectivity index (χ1n) is 6.26. The Labute approximate surface area is 108 Å². The van der Waals surface area contributed by atoms with Crippen LogP contribution in [0.2, 0.25) is 0 Å². The molecule has 100 valence electrons. The SMILES string of the molecule is CCOc1ccc(NC[C@H]2CCS(=O)(=O)C2)cc1. The molecular weight excluding hydrogens is 250 g/mol. The van der Waals surface area contributed by atoms with Crippen LogP contribution in [0.5, 0.6) is 5.75 Å². The van der Waals surface area contributed by atoms with Gasteiger partial charge in [-0.15, -0.1) is 0 Å². The van der Waals surface area contributed by atoms with Crippen LogP contribution < -0.4 is 10.1 Å². The number of benzene rings is 1. The van der Waals surface area contributed by atoms with Crippen LogP contribution in [0.4, 0.5) is 5.69 Å². The molecule has 1 atom stereocenters. The Balaban J connectivity index is 1.83. The molecule has 2 rings (SSSR count). The van der Waals surface area contributed by atoms with E-state index in [1.165, 1.54) is 0 Å². The van der Waals surface area contributed by atoms with Gasteiger partial charge in [0.15, 0.2) is 9.84 Å². The van der Waals surface area contributed by atoms with Crippen molar-refractivity contribution in [2.24, 2.45) is 5.92 Å². The lowest BCUT2D eigenvalue weighted by atomic mass is 10.1. The van der Waals surface area contributed by atoms with Crippen LogP contribution in [-0.2, 0) is 9.84 Å². The zero-order valence-corrected chi connectivity index (χ0v) is 11.4. The number of rotatable bonds is 5. The van der Waals surface area contributed by atoms with E-state index in [-0.39, 0.29) is 5.92 Å². The molecule has 4 nitrogen and oxygen atoms in total. The quantitative estimate of drug-likeness (QED) is 0.887. The molecule has 0 aliphatic carbocycles. The molecule has 1 fully saturated rings. The fraction of sp³-hybridized carbons (Fsp3) is 0.538.